The van der Waals surface area contributed by atoms with Crippen molar-refractivity contribution in [2.24, 2.45) is 0 Å². The smallest absolute Gasteiger partial charge is 0.0299 e. The molecular formula is C19H17P. The zero-order chi connectivity index (χ0) is 13.8. The summed E-state index contributed by atoms with van der Waals surface area (Å²) in [6, 6.07) is 21.6. The first-order chi connectivity index (χ1) is 9.86. The van der Waals surface area contributed by atoms with Crippen LogP contribution in [0.5, 0.6) is 0 Å². The lowest BCUT2D eigenvalue weighted by Gasteiger charge is -2.28. The van der Waals surface area contributed by atoms with E-state index >= 15 is 0 Å². The van der Waals surface area contributed by atoms with Gasteiger partial charge in [0.2, 0.25) is 0 Å². The molecule has 0 fully saturated rings. The van der Waals surface area contributed by atoms with Crippen molar-refractivity contribution in [3.8, 4) is 0 Å². The van der Waals surface area contributed by atoms with Gasteiger partial charge in [-0.25, -0.2) is 0 Å². The average molecular weight is 276 g/mol. The van der Waals surface area contributed by atoms with E-state index in [9.17, 15) is 0 Å². The van der Waals surface area contributed by atoms with Crippen LogP contribution in [0.2, 0.25) is 0 Å². The van der Waals surface area contributed by atoms with Crippen LogP contribution in [0.1, 0.15) is 0 Å². The van der Waals surface area contributed by atoms with Gasteiger partial charge >= 0.3 is 0 Å². The van der Waals surface area contributed by atoms with E-state index in [0.29, 0.717) is 5.66 Å². The predicted molar refractivity (Wildman–Crippen MR) is 90.3 cm³/mol. The third-order valence-corrected chi connectivity index (χ3v) is 6.21. The molecule has 0 saturated carbocycles. The molecule has 1 aliphatic rings. The number of allylic oxidation sites excluding steroid dienone is 5. The van der Waals surface area contributed by atoms with E-state index in [1.165, 1.54) is 16.2 Å². The van der Waals surface area contributed by atoms with Gasteiger partial charge in [-0.15, -0.1) is 0 Å². The lowest BCUT2D eigenvalue weighted by atomic mass is 10.1. The number of hydrogen-bond acceptors (Lipinski definition) is 0. The van der Waals surface area contributed by atoms with Crippen molar-refractivity contribution in [1.29, 1.82) is 0 Å². The molecule has 1 atom stereocenters. The van der Waals surface area contributed by atoms with E-state index in [1.807, 2.05) is 0 Å². The Morgan fingerprint density at radius 3 is 1.80 bits per heavy atom. The highest BCUT2D eigenvalue weighted by Gasteiger charge is 2.24. The minimum absolute atomic E-state index is 0.389. The van der Waals surface area contributed by atoms with E-state index in [1.54, 1.807) is 0 Å². The van der Waals surface area contributed by atoms with Crippen LogP contribution < -0.4 is 10.6 Å². The number of hydrogen-bond donors (Lipinski definition) is 0. The molecule has 98 valence electrons. The summed E-state index contributed by atoms with van der Waals surface area (Å²) in [5.74, 6) is 0. The number of rotatable bonds is 3. The molecule has 0 bridgehead atoms. The SMILES string of the molecule is C=C1C=CC=CC1P(c1ccccc1)c1ccccc1. The first kappa shape index (κ1) is 13.1. The van der Waals surface area contributed by atoms with Gasteiger partial charge in [0, 0.05) is 5.66 Å². The monoisotopic (exact) mass is 276 g/mol. The molecule has 0 amide bonds. The summed E-state index contributed by atoms with van der Waals surface area (Å²) < 4.78 is 0. The molecule has 0 saturated heterocycles. The Morgan fingerprint density at radius 2 is 1.30 bits per heavy atom. The Labute approximate surface area is 121 Å². The minimum atomic E-state index is -0.446. The third kappa shape index (κ3) is 2.66. The van der Waals surface area contributed by atoms with Crippen LogP contribution in [0.4, 0.5) is 0 Å². The van der Waals surface area contributed by atoms with Crippen LogP contribution in [-0.4, -0.2) is 5.66 Å². The normalized spacial score (nSPS) is 17.6. The predicted octanol–water partition coefficient (Wildman–Crippen LogP) is 4.17. The first-order valence-electron chi connectivity index (χ1n) is 6.79. The summed E-state index contributed by atoms with van der Waals surface area (Å²) in [5.41, 5.74) is 1.59. The molecule has 2 aromatic rings. The van der Waals surface area contributed by atoms with Crippen molar-refractivity contribution >= 4 is 18.5 Å². The molecule has 1 heteroatoms. The summed E-state index contributed by atoms with van der Waals surface area (Å²) in [4.78, 5) is 0. The molecule has 1 unspecified atom stereocenters. The Morgan fingerprint density at radius 1 is 0.750 bits per heavy atom. The maximum atomic E-state index is 4.25. The Balaban J connectivity index is 2.07. The second-order valence-electron chi connectivity index (χ2n) is 4.80. The summed E-state index contributed by atoms with van der Waals surface area (Å²) in [7, 11) is -0.446. The van der Waals surface area contributed by atoms with Gasteiger partial charge < -0.3 is 0 Å². The van der Waals surface area contributed by atoms with E-state index in [2.05, 4.69) is 91.5 Å². The van der Waals surface area contributed by atoms with E-state index in [4.69, 9.17) is 0 Å². The van der Waals surface area contributed by atoms with Gasteiger partial charge in [0.25, 0.3) is 0 Å². The van der Waals surface area contributed by atoms with Gasteiger partial charge in [-0.05, 0) is 24.1 Å². The van der Waals surface area contributed by atoms with E-state index < -0.39 is 7.92 Å². The van der Waals surface area contributed by atoms with Gasteiger partial charge in [-0.2, -0.15) is 0 Å². The van der Waals surface area contributed by atoms with Crippen LogP contribution in [0.25, 0.3) is 0 Å². The molecule has 0 aliphatic heterocycles. The maximum Gasteiger partial charge on any atom is 0.0299 e. The highest BCUT2D eigenvalue weighted by atomic mass is 31.1. The second kappa shape index (κ2) is 6.03. The van der Waals surface area contributed by atoms with Crippen LogP contribution in [0.15, 0.2) is 97.1 Å². The fourth-order valence-electron chi connectivity index (χ4n) is 2.47. The summed E-state index contributed by atoms with van der Waals surface area (Å²) in [6.45, 7) is 4.25. The van der Waals surface area contributed by atoms with Crippen molar-refractivity contribution in [3.63, 3.8) is 0 Å². The summed E-state index contributed by atoms with van der Waals surface area (Å²) >= 11 is 0. The molecule has 0 aromatic heterocycles. The molecule has 3 rings (SSSR count). The van der Waals surface area contributed by atoms with E-state index in [-0.39, 0.29) is 0 Å². The molecule has 0 nitrogen and oxygen atoms in total. The minimum Gasteiger partial charge on any atom is -0.0948 e. The standard InChI is InChI=1S/C19H17P/c1-16-10-8-9-15-19(16)20(17-11-4-2-5-12-17)18-13-6-3-7-14-18/h2-15,19H,1H2. The third-order valence-electron chi connectivity index (χ3n) is 3.44. The summed E-state index contributed by atoms with van der Waals surface area (Å²) in [5, 5.41) is 2.81. The Hall–Kier alpha value is -1.91. The van der Waals surface area contributed by atoms with Crippen molar-refractivity contribution in [1.82, 2.24) is 0 Å². The topological polar surface area (TPSA) is 0 Å². The largest absolute Gasteiger partial charge is 0.0948 e. The molecule has 0 radical (unpaired) electrons. The lowest BCUT2D eigenvalue weighted by molar-refractivity contribution is 1.28. The average Bonchev–Trinajstić information content (AvgIpc) is 2.52. The van der Waals surface area contributed by atoms with Crippen LogP contribution >= 0.6 is 7.92 Å². The highest BCUT2D eigenvalue weighted by Crippen LogP contribution is 2.44. The fraction of sp³-hybridized carbons (Fsp3) is 0.0526. The van der Waals surface area contributed by atoms with Gasteiger partial charge in [-0.3, -0.25) is 0 Å². The first-order valence-corrected chi connectivity index (χ1v) is 8.20. The molecule has 0 N–H and O–H groups in total. The summed E-state index contributed by atoms with van der Waals surface area (Å²) in [6.07, 6.45) is 8.63. The van der Waals surface area contributed by atoms with Crippen LogP contribution in [0.3, 0.4) is 0 Å². The highest BCUT2D eigenvalue weighted by molar-refractivity contribution is 7.74. The maximum absolute atomic E-state index is 4.25. The van der Waals surface area contributed by atoms with Crippen LogP contribution in [0, 0.1) is 0 Å². The zero-order valence-corrected chi connectivity index (χ0v) is 12.2. The molecular weight excluding hydrogens is 259 g/mol. The zero-order valence-electron chi connectivity index (χ0n) is 11.3. The van der Waals surface area contributed by atoms with Crippen molar-refractivity contribution < 1.29 is 0 Å². The fourth-order valence-corrected chi connectivity index (χ4v) is 5.09. The molecule has 0 heterocycles. The molecule has 0 spiro atoms. The second-order valence-corrected chi connectivity index (χ2v) is 7.13. The van der Waals surface area contributed by atoms with Gasteiger partial charge in [-0.1, -0.05) is 91.5 Å². The molecule has 1 aliphatic carbocycles. The van der Waals surface area contributed by atoms with Crippen LogP contribution in [-0.2, 0) is 0 Å². The molecule has 2 aromatic carbocycles. The number of benzene rings is 2. The lowest BCUT2D eigenvalue weighted by Crippen LogP contribution is -2.21. The van der Waals surface area contributed by atoms with Gasteiger partial charge in [0.1, 0.15) is 0 Å². The van der Waals surface area contributed by atoms with Crippen molar-refractivity contribution in [2.75, 3.05) is 0 Å². The Bertz CT molecular complexity index is 598. The van der Waals surface area contributed by atoms with Crippen molar-refractivity contribution in [3.05, 3.63) is 97.1 Å². The van der Waals surface area contributed by atoms with Gasteiger partial charge in [0.15, 0.2) is 0 Å². The van der Waals surface area contributed by atoms with Crippen molar-refractivity contribution in [2.45, 2.75) is 5.66 Å². The van der Waals surface area contributed by atoms with E-state index in [0.717, 1.165) is 0 Å². The quantitative estimate of drug-likeness (QED) is 0.738. The molecule has 20 heavy (non-hydrogen) atoms. The Kier molecular flexibility index (Phi) is 3.95. The van der Waals surface area contributed by atoms with Gasteiger partial charge in [0.05, 0.1) is 0 Å².